The lowest BCUT2D eigenvalue weighted by Crippen LogP contribution is -2.41. The highest BCUT2D eigenvalue weighted by molar-refractivity contribution is 5.80. The first-order chi connectivity index (χ1) is 12.0. The van der Waals surface area contributed by atoms with Gasteiger partial charge in [-0.05, 0) is 30.9 Å². The van der Waals surface area contributed by atoms with E-state index in [2.05, 4.69) is 6.92 Å². The molecule has 134 valence electrons. The third-order valence-corrected chi connectivity index (χ3v) is 4.48. The number of para-hydroxylation sites is 2. The molecule has 25 heavy (non-hydrogen) atoms. The van der Waals surface area contributed by atoms with Crippen LogP contribution in [0.5, 0.6) is 0 Å². The quantitative estimate of drug-likeness (QED) is 0.771. The van der Waals surface area contributed by atoms with Crippen LogP contribution in [0.15, 0.2) is 33.5 Å². The number of benzene rings is 1. The van der Waals surface area contributed by atoms with Gasteiger partial charge in [0.05, 0.1) is 11.9 Å². The summed E-state index contributed by atoms with van der Waals surface area (Å²) in [5, 5.41) is 0. The molecule has 1 aliphatic heterocycles. The Kier molecular flexibility index (Phi) is 5.21. The Morgan fingerprint density at radius 1 is 1.32 bits per heavy atom. The molecule has 1 amide bonds. The summed E-state index contributed by atoms with van der Waals surface area (Å²) in [7, 11) is 0. The van der Waals surface area contributed by atoms with Crippen LogP contribution in [0.4, 0.5) is 0 Å². The van der Waals surface area contributed by atoms with E-state index in [1.165, 1.54) is 4.57 Å². The molecule has 1 saturated heterocycles. The van der Waals surface area contributed by atoms with Crippen molar-refractivity contribution in [3.63, 3.8) is 0 Å². The van der Waals surface area contributed by atoms with E-state index in [1.807, 2.05) is 0 Å². The topological polar surface area (TPSA) is 81.8 Å². The number of oxazole rings is 1. The molecule has 7 nitrogen and oxygen atoms in total. The summed E-state index contributed by atoms with van der Waals surface area (Å²) in [6.07, 6.45) is 2.11. The minimum absolute atomic E-state index is 0.00706. The fourth-order valence-corrected chi connectivity index (χ4v) is 3.15. The molecule has 3 rings (SSSR count). The number of hydrogen-bond donors (Lipinski definition) is 0. The van der Waals surface area contributed by atoms with E-state index in [1.54, 1.807) is 29.2 Å². The van der Waals surface area contributed by atoms with Gasteiger partial charge in [-0.25, -0.2) is 4.79 Å². The van der Waals surface area contributed by atoms with Crippen molar-refractivity contribution in [3.05, 3.63) is 34.8 Å². The van der Waals surface area contributed by atoms with Gasteiger partial charge >= 0.3 is 11.7 Å². The highest BCUT2D eigenvalue weighted by atomic mass is 16.5. The van der Waals surface area contributed by atoms with Crippen LogP contribution in [0.25, 0.3) is 11.1 Å². The Labute approximate surface area is 145 Å². The van der Waals surface area contributed by atoms with Gasteiger partial charge in [-0.15, -0.1) is 0 Å². The number of carbonyl (C=O) groups is 2. The van der Waals surface area contributed by atoms with Crippen LogP contribution in [0, 0.1) is 5.92 Å². The first-order valence-corrected chi connectivity index (χ1v) is 8.56. The summed E-state index contributed by atoms with van der Waals surface area (Å²) < 4.78 is 11.6. The second-order valence-electron chi connectivity index (χ2n) is 6.49. The number of piperidine rings is 1. The number of amides is 1. The molecule has 1 aromatic carbocycles. The van der Waals surface area contributed by atoms with Crippen LogP contribution < -0.4 is 5.76 Å². The van der Waals surface area contributed by atoms with Crippen LogP contribution in [0.3, 0.4) is 0 Å². The SMILES string of the molecule is CC1CCCN(C(=O)COC(=O)CCn2c(=O)oc3ccccc32)C1. The summed E-state index contributed by atoms with van der Waals surface area (Å²) in [6.45, 7) is 3.46. The predicted molar refractivity (Wildman–Crippen MR) is 91.0 cm³/mol. The van der Waals surface area contributed by atoms with Gasteiger partial charge in [-0.3, -0.25) is 14.2 Å². The van der Waals surface area contributed by atoms with Crippen molar-refractivity contribution in [1.29, 1.82) is 0 Å². The van der Waals surface area contributed by atoms with Crippen LogP contribution in [0.1, 0.15) is 26.2 Å². The molecule has 0 bridgehead atoms. The Morgan fingerprint density at radius 2 is 2.12 bits per heavy atom. The molecule has 7 heteroatoms. The van der Waals surface area contributed by atoms with Crippen LogP contribution in [0.2, 0.25) is 0 Å². The zero-order valence-electron chi connectivity index (χ0n) is 14.3. The van der Waals surface area contributed by atoms with Crippen molar-refractivity contribution in [2.75, 3.05) is 19.7 Å². The van der Waals surface area contributed by atoms with Gasteiger partial charge in [0, 0.05) is 19.6 Å². The van der Waals surface area contributed by atoms with E-state index in [-0.39, 0.29) is 25.5 Å². The Hall–Kier alpha value is -2.57. The number of esters is 1. The third-order valence-electron chi connectivity index (χ3n) is 4.48. The summed E-state index contributed by atoms with van der Waals surface area (Å²) in [5.41, 5.74) is 1.12. The molecular formula is C18H22N2O5. The van der Waals surface area contributed by atoms with Gasteiger partial charge in [0.2, 0.25) is 0 Å². The summed E-state index contributed by atoms with van der Waals surface area (Å²) in [5.74, 6) is -0.691. The molecule has 1 aromatic heterocycles. The van der Waals surface area contributed by atoms with Crippen LogP contribution >= 0.6 is 0 Å². The second-order valence-corrected chi connectivity index (χ2v) is 6.49. The number of ether oxygens (including phenoxy) is 1. The Bertz CT molecular complexity index is 822. The lowest BCUT2D eigenvalue weighted by Gasteiger charge is -2.30. The number of likely N-dealkylation sites (tertiary alicyclic amines) is 1. The Morgan fingerprint density at radius 3 is 2.92 bits per heavy atom. The molecule has 0 saturated carbocycles. The number of rotatable bonds is 5. The minimum atomic E-state index is -0.507. The normalized spacial score (nSPS) is 17.6. The fraction of sp³-hybridized carbons (Fsp3) is 0.500. The van der Waals surface area contributed by atoms with Gasteiger partial charge in [0.1, 0.15) is 0 Å². The van der Waals surface area contributed by atoms with Gasteiger partial charge < -0.3 is 14.1 Å². The maximum atomic E-state index is 12.1. The molecule has 2 heterocycles. The first-order valence-electron chi connectivity index (χ1n) is 8.56. The summed E-state index contributed by atoms with van der Waals surface area (Å²) in [4.78, 5) is 37.6. The lowest BCUT2D eigenvalue weighted by molar-refractivity contribution is -0.152. The summed E-state index contributed by atoms with van der Waals surface area (Å²) >= 11 is 0. The van der Waals surface area contributed by atoms with Crippen molar-refractivity contribution in [3.8, 4) is 0 Å². The average Bonchev–Trinajstić information content (AvgIpc) is 2.93. The molecule has 0 spiro atoms. The molecule has 0 radical (unpaired) electrons. The zero-order valence-corrected chi connectivity index (χ0v) is 14.3. The highest BCUT2D eigenvalue weighted by Gasteiger charge is 2.21. The summed E-state index contributed by atoms with van der Waals surface area (Å²) in [6, 6.07) is 7.03. The minimum Gasteiger partial charge on any atom is -0.456 e. The van der Waals surface area contributed by atoms with Gasteiger partial charge in [0.25, 0.3) is 5.91 Å². The zero-order chi connectivity index (χ0) is 17.8. The highest BCUT2D eigenvalue weighted by Crippen LogP contribution is 2.15. The third kappa shape index (κ3) is 4.10. The first kappa shape index (κ1) is 17.3. The van der Waals surface area contributed by atoms with E-state index >= 15 is 0 Å². The largest absolute Gasteiger partial charge is 0.456 e. The van der Waals surface area contributed by atoms with Gasteiger partial charge in [-0.1, -0.05) is 19.1 Å². The standard InChI is InChI=1S/C18H22N2O5/c1-13-5-4-9-19(11-13)16(21)12-24-17(22)8-10-20-14-6-2-3-7-15(14)25-18(20)23/h2-3,6-7,13H,4-5,8-12H2,1H3. The number of nitrogens with zero attached hydrogens (tertiary/aromatic N) is 2. The number of aryl methyl sites for hydroxylation is 1. The van der Waals surface area contributed by atoms with E-state index in [0.717, 1.165) is 19.4 Å². The molecule has 2 aromatic rings. The molecule has 0 aliphatic carbocycles. The van der Waals surface area contributed by atoms with Gasteiger partial charge in [0.15, 0.2) is 12.2 Å². The molecule has 1 unspecified atom stereocenters. The van der Waals surface area contributed by atoms with Crippen molar-refractivity contribution >= 4 is 23.0 Å². The van der Waals surface area contributed by atoms with Crippen molar-refractivity contribution < 1.29 is 18.7 Å². The van der Waals surface area contributed by atoms with E-state index < -0.39 is 11.7 Å². The van der Waals surface area contributed by atoms with Crippen molar-refractivity contribution in [1.82, 2.24) is 9.47 Å². The van der Waals surface area contributed by atoms with Crippen LogP contribution in [-0.4, -0.2) is 41.0 Å². The molecule has 1 atom stereocenters. The Balaban J connectivity index is 1.50. The van der Waals surface area contributed by atoms with Crippen molar-refractivity contribution in [2.24, 2.45) is 5.92 Å². The number of aromatic nitrogens is 1. The van der Waals surface area contributed by atoms with E-state index in [9.17, 15) is 14.4 Å². The fourth-order valence-electron chi connectivity index (χ4n) is 3.15. The molecular weight excluding hydrogens is 324 g/mol. The van der Waals surface area contributed by atoms with Crippen molar-refractivity contribution in [2.45, 2.75) is 32.7 Å². The lowest BCUT2D eigenvalue weighted by atomic mass is 10.0. The molecule has 1 aliphatic rings. The maximum absolute atomic E-state index is 12.1. The maximum Gasteiger partial charge on any atom is 0.419 e. The average molecular weight is 346 g/mol. The van der Waals surface area contributed by atoms with Gasteiger partial charge in [-0.2, -0.15) is 0 Å². The molecule has 1 fully saturated rings. The predicted octanol–water partition coefficient (Wildman–Crippen LogP) is 1.79. The monoisotopic (exact) mass is 346 g/mol. The molecule has 0 N–H and O–H groups in total. The smallest absolute Gasteiger partial charge is 0.419 e. The van der Waals surface area contributed by atoms with Crippen LogP contribution in [-0.2, 0) is 20.9 Å². The van der Waals surface area contributed by atoms with E-state index in [0.29, 0.717) is 23.6 Å². The number of fused-ring (bicyclic) bond motifs is 1. The number of carbonyl (C=O) groups excluding carboxylic acids is 2. The number of hydrogen-bond acceptors (Lipinski definition) is 5. The second kappa shape index (κ2) is 7.55. The van der Waals surface area contributed by atoms with E-state index in [4.69, 9.17) is 9.15 Å².